The van der Waals surface area contributed by atoms with Crippen molar-refractivity contribution in [1.29, 1.82) is 0 Å². The van der Waals surface area contributed by atoms with Crippen LogP contribution in [-0.2, 0) is 12.8 Å². The van der Waals surface area contributed by atoms with Gasteiger partial charge in [0, 0.05) is 16.6 Å². The van der Waals surface area contributed by atoms with E-state index in [1.165, 1.54) is 23.6 Å². The molecule has 0 aliphatic carbocycles. The number of alkyl halides is 3. The summed E-state index contributed by atoms with van der Waals surface area (Å²) < 4.78 is 71.7. The Bertz CT molecular complexity index is 1320. The van der Waals surface area contributed by atoms with E-state index >= 15 is 0 Å². The topological polar surface area (TPSA) is 51.2 Å². The van der Waals surface area contributed by atoms with Crippen LogP contribution in [0.25, 0.3) is 10.6 Å². The Morgan fingerprint density at radius 1 is 0.971 bits per heavy atom. The van der Waals surface area contributed by atoms with Gasteiger partial charge in [0.1, 0.15) is 34.7 Å². The van der Waals surface area contributed by atoms with Gasteiger partial charge in [0.05, 0.1) is 11.1 Å². The van der Waals surface area contributed by atoms with Gasteiger partial charge in [-0.1, -0.05) is 24.3 Å². The number of nitrogens with zero attached hydrogens (tertiary/aromatic N) is 1. The van der Waals surface area contributed by atoms with Crippen LogP contribution in [-0.4, -0.2) is 10.9 Å². The van der Waals surface area contributed by atoms with Gasteiger partial charge in [0.2, 0.25) is 0 Å². The molecule has 4 aromatic rings. The van der Waals surface area contributed by atoms with Crippen molar-refractivity contribution in [3.05, 3.63) is 101 Å². The van der Waals surface area contributed by atoms with E-state index in [9.17, 15) is 26.7 Å². The monoisotopic (exact) mass is 490 g/mol. The van der Waals surface area contributed by atoms with Gasteiger partial charge in [-0.3, -0.25) is 4.79 Å². The number of aromatic nitrogens is 1. The van der Waals surface area contributed by atoms with E-state index in [2.05, 4.69) is 10.3 Å². The molecule has 1 N–H and O–H groups in total. The first-order valence-electron chi connectivity index (χ1n) is 9.81. The summed E-state index contributed by atoms with van der Waals surface area (Å²) in [6.07, 6.45) is -4.53. The molecular formula is C24H15F5N2O2S. The minimum Gasteiger partial charge on any atom is -0.489 e. The Hall–Kier alpha value is -3.79. The zero-order chi connectivity index (χ0) is 24.3. The molecule has 3 aromatic carbocycles. The third-order valence-electron chi connectivity index (χ3n) is 4.71. The van der Waals surface area contributed by atoms with Crippen LogP contribution in [0.1, 0.15) is 21.6 Å². The Morgan fingerprint density at radius 2 is 1.68 bits per heavy atom. The first-order valence-corrected chi connectivity index (χ1v) is 10.7. The van der Waals surface area contributed by atoms with Gasteiger partial charge in [-0.2, -0.15) is 13.2 Å². The first kappa shape index (κ1) is 23.4. The van der Waals surface area contributed by atoms with Crippen LogP contribution >= 0.6 is 11.3 Å². The number of thiazole rings is 1. The molecule has 0 saturated heterocycles. The van der Waals surface area contributed by atoms with Crippen molar-refractivity contribution in [1.82, 2.24) is 4.98 Å². The van der Waals surface area contributed by atoms with Gasteiger partial charge in [-0.15, -0.1) is 11.3 Å². The number of carbonyl (C=O) groups is 1. The second kappa shape index (κ2) is 9.60. The summed E-state index contributed by atoms with van der Waals surface area (Å²) in [5.74, 6) is -1.76. The third kappa shape index (κ3) is 5.40. The molecule has 4 nitrogen and oxygen atoms in total. The Morgan fingerprint density at radius 3 is 2.41 bits per heavy atom. The number of carbonyl (C=O) groups excluding carboxylic acids is 1. The number of nitrogens with one attached hydrogen (secondary N) is 1. The number of ether oxygens (including phenoxy) is 1. The number of hydrogen-bond donors (Lipinski definition) is 1. The highest BCUT2D eigenvalue weighted by Gasteiger charge is 2.30. The van der Waals surface area contributed by atoms with Crippen molar-refractivity contribution >= 4 is 22.9 Å². The number of halogens is 5. The molecule has 0 aliphatic heterocycles. The normalized spacial score (nSPS) is 11.3. The number of amides is 1. The highest BCUT2D eigenvalue weighted by atomic mass is 32.1. The van der Waals surface area contributed by atoms with Gasteiger partial charge in [-0.25, -0.2) is 13.8 Å². The second-order valence-electron chi connectivity index (χ2n) is 7.09. The maximum absolute atomic E-state index is 13.8. The highest BCUT2D eigenvalue weighted by molar-refractivity contribution is 7.13. The smallest absolute Gasteiger partial charge is 0.416 e. The lowest BCUT2D eigenvalue weighted by Crippen LogP contribution is -2.13. The predicted molar refractivity (Wildman–Crippen MR) is 118 cm³/mol. The molecule has 0 atom stereocenters. The lowest BCUT2D eigenvalue weighted by Gasteiger charge is -2.09. The van der Waals surface area contributed by atoms with E-state index in [4.69, 9.17) is 4.74 Å². The average Bonchev–Trinajstić information content (AvgIpc) is 3.29. The van der Waals surface area contributed by atoms with Crippen LogP contribution in [0.4, 0.5) is 27.6 Å². The summed E-state index contributed by atoms with van der Waals surface area (Å²) in [4.78, 5) is 16.7. The minimum absolute atomic E-state index is 0.00912. The van der Waals surface area contributed by atoms with Crippen LogP contribution in [0.15, 0.2) is 72.1 Å². The highest BCUT2D eigenvalue weighted by Crippen LogP contribution is 2.31. The standard InChI is InChI=1S/C24H15F5N2O2S/c25-19-8-3-9-20(26)18(19)12-33-17-7-1-4-14(10-17)23-31-21(13-34-23)22(32)30-16-6-2-5-15(11-16)24(27,28)29/h1-11,13H,12H2,(H,30,32). The molecule has 1 heterocycles. The molecule has 1 aromatic heterocycles. The molecule has 0 radical (unpaired) electrons. The number of benzene rings is 3. The summed E-state index contributed by atoms with van der Waals surface area (Å²) in [6, 6.07) is 14.4. The van der Waals surface area contributed by atoms with Crippen LogP contribution < -0.4 is 10.1 Å². The summed E-state index contributed by atoms with van der Waals surface area (Å²) in [5, 5.41) is 4.33. The largest absolute Gasteiger partial charge is 0.489 e. The lowest BCUT2D eigenvalue weighted by atomic mass is 10.2. The van der Waals surface area contributed by atoms with Gasteiger partial charge < -0.3 is 10.1 Å². The van der Waals surface area contributed by atoms with Crippen molar-refractivity contribution < 1.29 is 31.5 Å². The van der Waals surface area contributed by atoms with E-state index in [0.717, 1.165) is 35.6 Å². The summed E-state index contributed by atoms with van der Waals surface area (Å²) in [7, 11) is 0. The van der Waals surface area contributed by atoms with Crippen molar-refractivity contribution in [2.45, 2.75) is 12.8 Å². The van der Waals surface area contributed by atoms with E-state index in [1.807, 2.05) is 0 Å². The molecule has 0 unspecified atom stereocenters. The van der Waals surface area contributed by atoms with Crippen molar-refractivity contribution in [2.24, 2.45) is 0 Å². The van der Waals surface area contributed by atoms with Crippen molar-refractivity contribution in [3.63, 3.8) is 0 Å². The third-order valence-corrected chi connectivity index (χ3v) is 5.60. The number of anilines is 1. The molecule has 0 saturated carbocycles. The number of hydrogen-bond acceptors (Lipinski definition) is 4. The van der Waals surface area contributed by atoms with Gasteiger partial charge in [0.15, 0.2) is 0 Å². The van der Waals surface area contributed by atoms with Crippen LogP contribution in [0, 0.1) is 11.6 Å². The second-order valence-corrected chi connectivity index (χ2v) is 7.95. The van der Waals surface area contributed by atoms with Gasteiger partial charge >= 0.3 is 6.18 Å². The molecule has 4 rings (SSSR count). The molecule has 34 heavy (non-hydrogen) atoms. The fourth-order valence-corrected chi connectivity index (χ4v) is 3.82. The molecule has 0 fully saturated rings. The molecule has 10 heteroatoms. The van der Waals surface area contributed by atoms with E-state index < -0.39 is 29.3 Å². The first-order chi connectivity index (χ1) is 16.2. The molecule has 0 aliphatic rings. The van der Waals surface area contributed by atoms with Crippen LogP contribution in [0.5, 0.6) is 5.75 Å². The number of rotatable bonds is 6. The predicted octanol–water partition coefficient (Wildman–Crippen LogP) is 6.94. The molecule has 0 bridgehead atoms. The van der Waals surface area contributed by atoms with Gasteiger partial charge in [0.25, 0.3) is 5.91 Å². The Balaban J connectivity index is 1.46. The zero-order valence-corrected chi connectivity index (χ0v) is 18.0. The average molecular weight is 490 g/mol. The Labute approximate surface area is 194 Å². The fourth-order valence-electron chi connectivity index (χ4n) is 3.02. The quantitative estimate of drug-likeness (QED) is 0.298. The fraction of sp³-hybridized carbons (Fsp3) is 0.0833. The summed E-state index contributed by atoms with van der Waals surface area (Å²) in [5.41, 5.74) is -0.469. The Kier molecular flexibility index (Phi) is 6.60. The van der Waals surface area contributed by atoms with Crippen molar-refractivity contribution in [2.75, 3.05) is 5.32 Å². The van der Waals surface area contributed by atoms with Crippen LogP contribution in [0.2, 0.25) is 0 Å². The molecule has 174 valence electrons. The SMILES string of the molecule is O=C(Nc1cccc(C(F)(F)F)c1)c1csc(-c2cccc(OCc3c(F)cccc3F)c2)n1. The van der Waals surface area contributed by atoms with Crippen LogP contribution in [0.3, 0.4) is 0 Å². The minimum atomic E-state index is -4.53. The summed E-state index contributed by atoms with van der Waals surface area (Å²) in [6.45, 7) is -0.315. The maximum Gasteiger partial charge on any atom is 0.416 e. The van der Waals surface area contributed by atoms with E-state index in [0.29, 0.717) is 16.3 Å². The van der Waals surface area contributed by atoms with Crippen molar-refractivity contribution in [3.8, 4) is 16.3 Å². The van der Waals surface area contributed by atoms with E-state index in [-0.39, 0.29) is 23.6 Å². The van der Waals surface area contributed by atoms with E-state index in [1.54, 1.807) is 24.3 Å². The lowest BCUT2D eigenvalue weighted by molar-refractivity contribution is -0.137. The van der Waals surface area contributed by atoms with Gasteiger partial charge in [-0.05, 0) is 42.5 Å². The summed E-state index contributed by atoms with van der Waals surface area (Å²) >= 11 is 1.15. The maximum atomic E-state index is 13.8. The molecular weight excluding hydrogens is 475 g/mol. The molecule has 1 amide bonds. The molecule has 0 spiro atoms. The zero-order valence-electron chi connectivity index (χ0n) is 17.2.